The molecule has 3 N–H and O–H groups in total. The number of anilines is 1. The zero-order valence-electron chi connectivity index (χ0n) is 10.8. The molecule has 0 amide bonds. The van der Waals surface area contributed by atoms with E-state index in [1.807, 2.05) is 12.1 Å². The second kappa shape index (κ2) is 5.60. The Hall–Kier alpha value is -1.94. The Morgan fingerprint density at radius 1 is 1.11 bits per heavy atom. The van der Waals surface area contributed by atoms with Gasteiger partial charge in [0.05, 0.1) is 5.69 Å². The molecule has 0 atom stereocenters. The summed E-state index contributed by atoms with van der Waals surface area (Å²) in [7, 11) is 0. The molecule has 18 heavy (non-hydrogen) atoms. The maximum absolute atomic E-state index is 5.42. The highest BCUT2D eigenvalue weighted by Crippen LogP contribution is 2.22. The minimum Gasteiger partial charge on any atom is -0.367 e. The van der Waals surface area contributed by atoms with Gasteiger partial charge in [-0.25, -0.2) is 0 Å². The summed E-state index contributed by atoms with van der Waals surface area (Å²) in [5.41, 5.74) is 9.88. The van der Waals surface area contributed by atoms with Crippen LogP contribution in [-0.4, -0.2) is 23.3 Å². The van der Waals surface area contributed by atoms with Gasteiger partial charge in [0, 0.05) is 18.7 Å². The zero-order valence-corrected chi connectivity index (χ0v) is 10.8. The summed E-state index contributed by atoms with van der Waals surface area (Å²) in [6.45, 7) is 5.45. The Balaban J connectivity index is 2.25. The first-order chi connectivity index (χ1) is 8.70. The van der Waals surface area contributed by atoms with Gasteiger partial charge >= 0.3 is 0 Å². The van der Waals surface area contributed by atoms with Gasteiger partial charge < -0.3 is 11.1 Å². The maximum atomic E-state index is 5.42. The van der Waals surface area contributed by atoms with Gasteiger partial charge in [0.2, 0.25) is 0 Å². The lowest BCUT2D eigenvalue weighted by Gasteiger charge is -2.07. The van der Waals surface area contributed by atoms with Crippen LogP contribution in [0.15, 0.2) is 30.3 Å². The van der Waals surface area contributed by atoms with Gasteiger partial charge in [0.15, 0.2) is 0 Å². The molecular weight excluding hydrogens is 224 g/mol. The average Bonchev–Trinajstić information content (AvgIpc) is 2.40. The number of hydrogen-bond acceptors (Lipinski definition) is 4. The molecule has 4 heteroatoms. The van der Waals surface area contributed by atoms with Crippen molar-refractivity contribution in [1.29, 1.82) is 0 Å². The molecule has 0 unspecified atom stereocenters. The van der Waals surface area contributed by atoms with Crippen molar-refractivity contribution >= 4 is 5.82 Å². The Labute approximate surface area is 107 Å². The number of nitrogens with two attached hydrogens (primary N) is 1. The van der Waals surface area contributed by atoms with E-state index >= 15 is 0 Å². The van der Waals surface area contributed by atoms with Crippen LogP contribution in [0.2, 0.25) is 0 Å². The van der Waals surface area contributed by atoms with E-state index in [1.54, 1.807) is 0 Å². The van der Waals surface area contributed by atoms with Crippen molar-refractivity contribution in [2.75, 3.05) is 18.4 Å². The molecule has 0 aliphatic carbocycles. The van der Waals surface area contributed by atoms with Gasteiger partial charge in [-0.15, -0.1) is 10.2 Å². The van der Waals surface area contributed by atoms with E-state index in [-0.39, 0.29) is 0 Å². The van der Waals surface area contributed by atoms with Crippen LogP contribution in [0.1, 0.15) is 11.1 Å². The average molecular weight is 242 g/mol. The number of benzene rings is 1. The monoisotopic (exact) mass is 242 g/mol. The van der Waals surface area contributed by atoms with E-state index in [2.05, 4.69) is 47.6 Å². The van der Waals surface area contributed by atoms with E-state index in [4.69, 9.17) is 5.73 Å². The molecule has 0 spiro atoms. The molecule has 1 aromatic carbocycles. The van der Waals surface area contributed by atoms with E-state index in [1.165, 1.54) is 11.1 Å². The summed E-state index contributed by atoms with van der Waals surface area (Å²) < 4.78 is 0. The molecule has 0 aliphatic rings. The van der Waals surface area contributed by atoms with Crippen molar-refractivity contribution in [3.63, 3.8) is 0 Å². The van der Waals surface area contributed by atoms with Gasteiger partial charge in [-0.05, 0) is 37.6 Å². The molecule has 0 bridgehead atoms. The number of nitrogens with zero attached hydrogens (tertiary/aromatic N) is 2. The lowest BCUT2D eigenvalue weighted by atomic mass is 10.0. The number of hydrogen-bond donors (Lipinski definition) is 2. The fourth-order valence-electron chi connectivity index (χ4n) is 1.78. The first-order valence-electron chi connectivity index (χ1n) is 6.06. The van der Waals surface area contributed by atoms with E-state index < -0.39 is 0 Å². The standard InChI is InChI=1S/C14H18N4/c1-10-3-4-11(2)12(9-10)13-5-6-14(18-17-13)16-8-7-15/h3-6,9H,7-8,15H2,1-2H3,(H,16,18). The van der Waals surface area contributed by atoms with Crippen LogP contribution in [0.5, 0.6) is 0 Å². The predicted octanol–water partition coefficient (Wildman–Crippen LogP) is 2.13. The highest BCUT2D eigenvalue weighted by molar-refractivity contribution is 5.64. The topological polar surface area (TPSA) is 63.8 Å². The van der Waals surface area contributed by atoms with Crippen molar-refractivity contribution in [3.8, 4) is 11.3 Å². The normalized spacial score (nSPS) is 10.4. The SMILES string of the molecule is Cc1ccc(C)c(-c2ccc(NCCN)nn2)c1. The first kappa shape index (κ1) is 12.5. The third kappa shape index (κ3) is 2.84. The summed E-state index contributed by atoms with van der Waals surface area (Å²) in [4.78, 5) is 0. The molecule has 1 heterocycles. The summed E-state index contributed by atoms with van der Waals surface area (Å²) in [6.07, 6.45) is 0. The van der Waals surface area contributed by atoms with Crippen molar-refractivity contribution in [3.05, 3.63) is 41.5 Å². The third-order valence-electron chi connectivity index (χ3n) is 2.78. The quantitative estimate of drug-likeness (QED) is 0.862. The smallest absolute Gasteiger partial charge is 0.148 e. The summed E-state index contributed by atoms with van der Waals surface area (Å²) in [6, 6.07) is 10.2. The van der Waals surface area contributed by atoms with Crippen molar-refractivity contribution < 1.29 is 0 Å². The van der Waals surface area contributed by atoms with Crippen LogP contribution in [0.25, 0.3) is 11.3 Å². The highest BCUT2D eigenvalue weighted by atomic mass is 15.2. The minimum atomic E-state index is 0.584. The Morgan fingerprint density at radius 3 is 2.61 bits per heavy atom. The van der Waals surface area contributed by atoms with Gasteiger partial charge in [0.25, 0.3) is 0 Å². The van der Waals surface area contributed by atoms with Gasteiger partial charge in [-0.2, -0.15) is 0 Å². The molecule has 0 saturated heterocycles. The summed E-state index contributed by atoms with van der Waals surface area (Å²) in [5, 5.41) is 11.5. The van der Waals surface area contributed by atoms with Crippen LogP contribution in [-0.2, 0) is 0 Å². The van der Waals surface area contributed by atoms with E-state index in [0.29, 0.717) is 13.1 Å². The van der Waals surface area contributed by atoms with Crippen LogP contribution >= 0.6 is 0 Å². The molecule has 0 fully saturated rings. The maximum Gasteiger partial charge on any atom is 0.148 e. The minimum absolute atomic E-state index is 0.584. The Kier molecular flexibility index (Phi) is 3.89. The summed E-state index contributed by atoms with van der Waals surface area (Å²) in [5.74, 6) is 0.759. The van der Waals surface area contributed by atoms with Crippen LogP contribution in [0, 0.1) is 13.8 Å². The molecule has 4 nitrogen and oxygen atoms in total. The zero-order chi connectivity index (χ0) is 13.0. The fourth-order valence-corrected chi connectivity index (χ4v) is 1.78. The van der Waals surface area contributed by atoms with Crippen LogP contribution < -0.4 is 11.1 Å². The summed E-state index contributed by atoms with van der Waals surface area (Å²) >= 11 is 0. The molecule has 0 aliphatic heterocycles. The van der Waals surface area contributed by atoms with E-state index in [0.717, 1.165) is 17.1 Å². The molecule has 0 radical (unpaired) electrons. The van der Waals surface area contributed by atoms with Crippen molar-refractivity contribution in [2.24, 2.45) is 5.73 Å². The van der Waals surface area contributed by atoms with Crippen molar-refractivity contribution in [1.82, 2.24) is 10.2 Å². The molecular formula is C14H18N4. The van der Waals surface area contributed by atoms with Crippen LogP contribution in [0.4, 0.5) is 5.82 Å². The molecule has 94 valence electrons. The molecule has 2 aromatic rings. The number of aromatic nitrogens is 2. The first-order valence-corrected chi connectivity index (χ1v) is 6.06. The van der Waals surface area contributed by atoms with Gasteiger partial charge in [-0.3, -0.25) is 0 Å². The van der Waals surface area contributed by atoms with Crippen LogP contribution in [0.3, 0.4) is 0 Å². The molecule has 0 saturated carbocycles. The highest BCUT2D eigenvalue weighted by Gasteiger charge is 2.04. The Morgan fingerprint density at radius 2 is 1.94 bits per heavy atom. The van der Waals surface area contributed by atoms with E-state index in [9.17, 15) is 0 Å². The lowest BCUT2D eigenvalue weighted by Crippen LogP contribution is -2.14. The fraction of sp³-hybridized carbons (Fsp3) is 0.286. The third-order valence-corrected chi connectivity index (χ3v) is 2.78. The van der Waals surface area contributed by atoms with Gasteiger partial charge in [-0.1, -0.05) is 17.7 Å². The molecule has 2 rings (SSSR count). The lowest BCUT2D eigenvalue weighted by molar-refractivity contribution is 0.973. The second-order valence-electron chi connectivity index (χ2n) is 4.34. The molecule has 1 aromatic heterocycles. The van der Waals surface area contributed by atoms with Gasteiger partial charge in [0.1, 0.15) is 5.82 Å². The largest absolute Gasteiger partial charge is 0.367 e. The Bertz CT molecular complexity index is 520. The predicted molar refractivity (Wildman–Crippen MR) is 74.5 cm³/mol. The van der Waals surface area contributed by atoms with Crippen molar-refractivity contribution in [2.45, 2.75) is 13.8 Å². The number of rotatable bonds is 4. The number of nitrogens with one attached hydrogen (secondary N) is 1. The second-order valence-corrected chi connectivity index (χ2v) is 4.34. The number of aryl methyl sites for hydroxylation is 2.